The number of pyridine rings is 1. The van der Waals surface area contributed by atoms with Gasteiger partial charge in [-0.1, -0.05) is 91.0 Å². The molecule has 0 unspecified atom stereocenters. The number of anilines is 3. The number of fused-ring (bicyclic) bond motifs is 6. The van der Waals surface area contributed by atoms with E-state index in [1.807, 2.05) is 54.7 Å². The molecule has 9 aromatic rings. The van der Waals surface area contributed by atoms with E-state index >= 15 is 0 Å². The van der Waals surface area contributed by atoms with Gasteiger partial charge < -0.3 is 13.7 Å². The Labute approximate surface area is 259 Å². The maximum atomic E-state index is 6.32. The van der Waals surface area contributed by atoms with Gasteiger partial charge in [-0.2, -0.15) is 0 Å². The standard InChI is InChI=1S/C41H26N2O2/c1-2-10-27(11-3-1)29-12-6-13-30(26-29)28-21-23-31(24-22-28)43(33-15-7-18-36-39(33)32-14-4-5-17-35(32)44-36)34-16-8-19-37-40(34)41-38(45-37)20-9-25-42-41/h1-26H. The van der Waals surface area contributed by atoms with Crippen LogP contribution in [-0.2, 0) is 0 Å². The third-order valence-corrected chi connectivity index (χ3v) is 8.52. The lowest BCUT2D eigenvalue weighted by atomic mass is 9.98. The number of para-hydroxylation sites is 1. The van der Waals surface area contributed by atoms with Crippen LogP contribution in [0.4, 0.5) is 17.1 Å². The Morgan fingerprint density at radius 3 is 1.80 bits per heavy atom. The number of benzene rings is 6. The molecule has 0 fully saturated rings. The molecule has 0 N–H and O–H groups in total. The van der Waals surface area contributed by atoms with Gasteiger partial charge in [0, 0.05) is 17.3 Å². The summed E-state index contributed by atoms with van der Waals surface area (Å²) in [6.45, 7) is 0. The molecule has 0 aliphatic carbocycles. The van der Waals surface area contributed by atoms with Gasteiger partial charge in [-0.3, -0.25) is 4.98 Å². The van der Waals surface area contributed by atoms with E-state index in [0.29, 0.717) is 0 Å². The lowest BCUT2D eigenvalue weighted by Gasteiger charge is -2.27. The van der Waals surface area contributed by atoms with Crippen LogP contribution in [0.5, 0.6) is 0 Å². The molecule has 0 aliphatic rings. The number of furan rings is 2. The minimum Gasteiger partial charge on any atom is -0.456 e. The average molecular weight is 579 g/mol. The van der Waals surface area contributed by atoms with Crippen LogP contribution in [0.3, 0.4) is 0 Å². The zero-order chi connectivity index (χ0) is 29.7. The summed E-state index contributed by atoms with van der Waals surface area (Å²) in [7, 11) is 0. The highest BCUT2D eigenvalue weighted by Gasteiger charge is 2.23. The van der Waals surface area contributed by atoms with Crippen molar-refractivity contribution in [3.05, 3.63) is 158 Å². The van der Waals surface area contributed by atoms with E-state index in [2.05, 4.69) is 108 Å². The molecule has 3 aromatic heterocycles. The van der Waals surface area contributed by atoms with E-state index in [9.17, 15) is 0 Å². The Kier molecular flexibility index (Phi) is 5.78. The molecule has 6 aromatic carbocycles. The summed E-state index contributed by atoms with van der Waals surface area (Å²) >= 11 is 0. The van der Waals surface area contributed by atoms with Crippen molar-refractivity contribution in [2.45, 2.75) is 0 Å². The maximum Gasteiger partial charge on any atom is 0.153 e. The van der Waals surface area contributed by atoms with E-state index < -0.39 is 0 Å². The Bertz CT molecular complexity index is 2380. The van der Waals surface area contributed by atoms with Gasteiger partial charge in [0.25, 0.3) is 0 Å². The summed E-state index contributed by atoms with van der Waals surface area (Å²) in [6, 6.07) is 52.6. The lowest BCUT2D eigenvalue weighted by Crippen LogP contribution is -2.10. The predicted molar refractivity (Wildman–Crippen MR) is 184 cm³/mol. The quantitative estimate of drug-likeness (QED) is 0.204. The molecule has 212 valence electrons. The molecule has 0 spiro atoms. The van der Waals surface area contributed by atoms with Crippen LogP contribution in [0.1, 0.15) is 0 Å². The summed E-state index contributed by atoms with van der Waals surface area (Å²) < 4.78 is 12.6. The fraction of sp³-hybridized carbons (Fsp3) is 0. The van der Waals surface area contributed by atoms with Gasteiger partial charge in [-0.15, -0.1) is 0 Å². The van der Waals surface area contributed by atoms with Crippen LogP contribution in [-0.4, -0.2) is 4.98 Å². The molecular formula is C41H26N2O2. The number of aromatic nitrogens is 1. The Hall–Kier alpha value is -6.13. The summed E-state index contributed by atoms with van der Waals surface area (Å²) in [5, 5.41) is 3.10. The zero-order valence-corrected chi connectivity index (χ0v) is 24.2. The molecule has 0 radical (unpaired) electrons. The topological polar surface area (TPSA) is 42.4 Å². The normalized spacial score (nSPS) is 11.6. The first-order valence-electron chi connectivity index (χ1n) is 15.0. The molecule has 0 aliphatic heterocycles. The van der Waals surface area contributed by atoms with Crippen molar-refractivity contribution < 1.29 is 8.83 Å². The van der Waals surface area contributed by atoms with Gasteiger partial charge in [-0.05, 0) is 82.9 Å². The van der Waals surface area contributed by atoms with E-state index in [-0.39, 0.29) is 0 Å². The number of hydrogen-bond donors (Lipinski definition) is 0. The van der Waals surface area contributed by atoms with Crippen molar-refractivity contribution in [1.29, 1.82) is 0 Å². The summed E-state index contributed by atoms with van der Waals surface area (Å²) in [5.41, 5.74) is 11.9. The van der Waals surface area contributed by atoms with E-state index in [1.165, 1.54) is 16.7 Å². The van der Waals surface area contributed by atoms with Gasteiger partial charge in [0.05, 0.1) is 22.1 Å². The molecule has 3 heterocycles. The van der Waals surface area contributed by atoms with Crippen LogP contribution in [0.15, 0.2) is 167 Å². The second kappa shape index (κ2) is 10.2. The first-order valence-corrected chi connectivity index (χ1v) is 15.0. The largest absolute Gasteiger partial charge is 0.456 e. The van der Waals surface area contributed by atoms with Gasteiger partial charge in [0.15, 0.2) is 5.58 Å². The van der Waals surface area contributed by atoms with Crippen LogP contribution in [0.25, 0.3) is 66.3 Å². The predicted octanol–water partition coefficient (Wildman–Crippen LogP) is 11.7. The molecule has 45 heavy (non-hydrogen) atoms. The fourth-order valence-corrected chi connectivity index (χ4v) is 6.47. The Balaban J connectivity index is 1.26. The van der Waals surface area contributed by atoms with E-state index in [0.717, 1.165) is 66.6 Å². The van der Waals surface area contributed by atoms with Crippen molar-refractivity contribution >= 4 is 61.1 Å². The summed E-state index contributed by atoms with van der Waals surface area (Å²) in [6.07, 6.45) is 1.82. The fourth-order valence-electron chi connectivity index (χ4n) is 6.47. The lowest BCUT2D eigenvalue weighted by molar-refractivity contribution is 0.668. The molecule has 4 nitrogen and oxygen atoms in total. The van der Waals surface area contributed by atoms with Gasteiger partial charge in [-0.25, -0.2) is 0 Å². The monoisotopic (exact) mass is 578 g/mol. The second-order valence-electron chi connectivity index (χ2n) is 11.2. The zero-order valence-electron chi connectivity index (χ0n) is 24.2. The smallest absolute Gasteiger partial charge is 0.153 e. The molecule has 0 saturated heterocycles. The number of nitrogens with zero attached hydrogens (tertiary/aromatic N) is 2. The summed E-state index contributed by atoms with van der Waals surface area (Å²) in [5.74, 6) is 0. The highest BCUT2D eigenvalue weighted by Crippen LogP contribution is 2.46. The molecule has 0 atom stereocenters. The van der Waals surface area contributed by atoms with Gasteiger partial charge in [0.2, 0.25) is 0 Å². The van der Waals surface area contributed by atoms with Crippen LogP contribution in [0, 0.1) is 0 Å². The Morgan fingerprint density at radius 1 is 0.422 bits per heavy atom. The molecule has 4 heteroatoms. The van der Waals surface area contributed by atoms with Crippen LogP contribution < -0.4 is 4.90 Å². The van der Waals surface area contributed by atoms with Crippen LogP contribution >= 0.6 is 0 Å². The van der Waals surface area contributed by atoms with Crippen molar-refractivity contribution in [3.8, 4) is 22.3 Å². The van der Waals surface area contributed by atoms with Gasteiger partial charge >= 0.3 is 0 Å². The van der Waals surface area contributed by atoms with Gasteiger partial charge in [0.1, 0.15) is 22.3 Å². The summed E-state index contributed by atoms with van der Waals surface area (Å²) in [4.78, 5) is 7.06. The first kappa shape index (κ1) is 25.4. The molecule has 0 bridgehead atoms. The number of rotatable bonds is 5. The third kappa shape index (κ3) is 4.19. The highest BCUT2D eigenvalue weighted by atomic mass is 16.3. The van der Waals surface area contributed by atoms with Crippen molar-refractivity contribution in [2.75, 3.05) is 4.90 Å². The minimum absolute atomic E-state index is 0.764. The third-order valence-electron chi connectivity index (χ3n) is 8.52. The van der Waals surface area contributed by atoms with Crippen molar-refractivity contribution in [3.63, 3.8) is 0 Å². The van der Waals surface area contributed by atoms with Crippen LogP contribution in [0.2, 0.25) is 0 Å². The molecule has 0 amide bonds. The van der Waals surface area contributed by atoms with Crippen molar-refractivity contribution in [2.24, 2.45) is 0 Å². The minimum atomic E-state index is 0.764. The maximum absolute atomic E-state index is 6.32. The number of hydrogen-bond acceptors (Lipinski definition) is 4. The van der Waals surface area contributed by atoms with E-state index in [1.54, 1.807) is 0 Å². The molecular weight excluding hydrogens is 552 g/mol. The average Bonchev–Trinajstić information content (AvgIpc) is 3.69. The highest BCUT2D eigenvalue weighted by molar-refractivity contribution is 6.17. The van der Waals surface area contributed by atoms with E-state index in [4.69, 9.17) is 13.8 Å². The Morgan fingerprint density at radius 2 is 1.00 bits per heavy atom. The SMILES string of the molecule is c1ccc(-c2cccc(-c3ccc(N(c4cccc5oc6ccccc6c45)c4cccc5oc6cccnc6c45)cc3)c2)cc1. The molecule has 9 rings (SSSR count). The molecule has 0 saturated carbocycles. The first-order chi connectivity index (χ1) is 22.3. The second-order valence-corrected chi connectivity index (χ2v) is 11.2. The van der Waals surface area contributed by atoms with Crippen molar-refractivity contribution in [1.82, 2.24) is 4.98 Å².